The summed E-state index contributed by atoms with van der Waals surface area (Å²) in [5.41, 5.74) is 2.38. The molecule has 150 valence electrons. The molecule has 0 heterocycles. The van der Waals surface area contributed by atoms with Crippen LogP contribution in [-0.4, -0.2) is 16.7 Å². The topological polar surface area (TPSA) is 81.5 Å². The maximum absolute atomic E-state index is 12.9. The van der Waals surface area contributed by atoms with Gasteiger partial charge in [0.15, 0.2) is 11.5 Å². The van der Waals surface area contributed by atoms with Crippen LogP contribution in [-0.2, 0) is 13.2 Å². The van der Waals surface area contributed by atoms with Crippen molar-refractivity contribution in [1.82, 2.24) is 5.32 Å². The van der Waals surface area contributed by atoms with E-state index in [-0.39, 0.29) is 29.4 Å². The number of carbonyl (C=O) groups is 1. The predicted octanol–water partition coefficient (Wildman–Crippen LogP) is 4.54. The van der Waals surface area contributed by atoms with E-state index in [1.165, 1.54) is 6.07 Å². The van der Waals surface area contributed by atoms with Crippen LogP contribution in [0.2, 0.25) is 0 Å². The van der Waals surface area contributed by atoms with Gasteiger partial charge in [0.1, 0.15) is 6.61 Å². The molecule has 6 nitrogen and oxygen atoms in total. The Morgan fingerprint density at radius 3 is 2.27 bits per heavy atom. The van der Waals surface area contributed by atoms with E-state index in [1.807, 2.05) is 60.7 Å². The Kier molecular flexibility index (Phi) is 5.68. The van der Waals surface area contributed by atoms with Crippen LogP contribution in [0.5, 0.6) is 5.75 Å². The molecule has 0 spiro atoms. The quantitative estimate of drug-likeness (QED) is 0.465. The maximum Gasteiger partial charge on any atom is 0.318 e. The Hall–Kier alpha value is -3.77. The molecule has 6 heteroatoms. The highest BCUT2D eigenvalue weighted by atomic mass is 16.6. The van der Waals surface area contributed by atoms with Crippen molar-refractivity contribution < 1.29 is 14.5 Å². The normalized spacial score (nSPS) is 14.9. The second-order valence-electron chi connectivity index (χ2n) is 6.97. The van der Waals surface area contributed by atoms with E-state index in [4.69, 9.17) is 4.74 Å². The fourth-order valence-electron chi connectivity index (χ4n) is 3.44. The van der Waals surface area contributed by atoms with Gasteiger partial charge in [-0.2, -0.15) is 0 Å². The lowest BCUT2D eigenvalue weighted by atomic mass is 9.91. The van der Waals surface area contributed by atoms with E-state index in [1.54, 1.807) is 18.2 Å². The molecule has 1 aliphatic carbocycles. The molecule has 1 aliphatic rings. The third kappa shape index (κ3) is 4.14. The van der Waals surface area contributed by atoms with Crippen molar-refractivity contribution in [3.8, 4) is 5.75 Å². The van der Waals surface area contributed by atoms with E-state index in [9.17, 15) is 14.9 Å². The molecule has 1 unspecified atom stereocenters. The van der Waals surface area contributed by atoms with Crippen LogP contribution < -0.4 is 10.1 Å². The number of nitrogens with zero attached hydrogens (tertiary/aromatic N) is 1. The Balaban J connectivity index is 1.56. The summed E-state index contributed by atoms with van der Waals surface area (Å²) in [6.07, 6.45) is 3.30. The van der Waals surface area contributed by atoms with Gasteiger partial charge < -0.3 is 4.74 Å². The summed E-state index contributed by atoms with van der Waals surface area (Å²) in [7, 11) is 0. The van der Waals surface area contributed by atoms with Crippen LogP contribution in [0, 0.1) is 10.1 Å². The van der Waals surface area contributed by atoms with Crippen molar-refractivity contribution >= 4 is 17.5 Å². The fraction of sp³-hybridized carbons (Fsp3) is 0.125. The third-order valence-corrected chi connectivity index (χ3v) is 4.97. The first kappa shape index (κ1) is 19.5. The standard InChI is InChI=1S/C24H20N2O4/c27-24-20-12-14-22(30-16-18-9-5-2-6-10-18)23(26(28)29)19(20)11-13-21(24)25-15-17-7-3-1-4-8-17/h1-14,21,25H,15-16H2. The molecule has 0 saturated carbocycles. The summed E-state index contributed by atoms with van der Waals surface area (Å²) in [4.78, 5) is 24.2. The van der Waals surface area contributed by atoms with Crippen molar-refractivity contribution in [2.75, 3.05) is 0 Å². The zero-order valence-corrected chi connectivity index (χ0v) is 16.2. The Morgan fingerprint density at radius 2 is 1.60 bits per heavy atom. The van der Waals surface area contributed by atoms with E-state index in [0.29, 0.717) is 12.1 Å². The van der Waals surface area contributed by atoms with E-state index in [2.05, 4.69) is 5.32 Å². The van der Waals surface area contributed by atoms with Gasteiger partial charge in [0.05, 0.1) is 16.5 Å². The number of nitrogens with one attached hydrogen (secondary N) is 1. The van der Waals surface area contributed by atoms with Gasteiger partial charge in [-0.3, -0.25) is 20.2 Å². The smallest absolute Gasteiger partial charge is 0.318 e. The average Bonchev–Trinajstić information content (AvgIpc) is 2.78. The number of carbonyl (C=O) groups excluding carboxylic acids is 1. The number of Topliss-reactive ketones (excluding diaryl/α,β-unsaturated/α-hetero) is 1. The molecular formula is C24H20N2O4. The van der Waals surface area contributed by atoms with Gasteiger partial charge in [-0.1, -0.05) is 66.7 Å². The monoisotopic (exact) mass is 400 g/mol. The van der Waals surface area contributed by atoms with Crippen LogP contribution in [0.1, 0.15) is 27.0 Å². The van der Waals surface area contributed by atoms with Gasteiger partial charge in [0, 0.05) is 12.1 Å². The molecule has 0 aliphatic heterocycles. The number of hydrogen-bond acceptors (Lipinski definition) is 5. The molecule has 0 fully saturated rings. The lowest BCUT2D eigenvalue weighted by Gasteiger charge is -2.20. The highest BCUT2D eigenvalue weighted by Crippen LogP contribution is 2.37. The first-order valence-electron chi connectivity index (χ1n) is 9.61. The molecule has 30 heavy (non-hydrogen) atoms. The average molecular weight is 400 g/mol. The second kappa shape index (κ2) is 8.71. The minimum atomic E-state index is -0.534. The van der Waals surface area contributed by atoms with E-state index < -0.39 is 11.0 Å². The molecule has 1 atom stereocenters. The number of nitro benzene ring substituents is 1. The van der Waals surface area contributed by atoms with Gasteiger partial charge in [0.25, 0.3) is 0 Å². The maximum atomic E-state index is 12.9. The van der Waals surface area contributed by atoms with Crippen molar-refractivity contribution in [1.29, 1.82) is 0 Å². The van der Waals surface area contributed by atoms with Crippen LogP contribution >= 0.6 is 0 Å². The van der Waals surface area contributed by atoms with Crippen LogP contribution in [0.3, 0.4) is 0 Å². The summed E-state index contributed by atoms with van der Waals surface area (Å²) in [6, 6.07) is 21.7. The van der Waals surface area contributed by atoms with E-state index in [0.717, 1.165) is 11.1 Å². The first-order valence-corrected chi connectivity index (χ1v) is 9.61. The lowest BCUT2D eigenvalue weighted by Crippen LogP contribution is -2.36. The van der Waals surface area contributed by atoms with Gasteiger partial charge in [-0.25, -0.2) is 0 Å². The number of benzene rings is 3. The summed E-state index contributed by atoms with van der Waals surface area (Å²) >= 11 is 0. The number of hydrogen-bond donors (Lipinski definition) is 1. The summed E-state index contributed by atoms with van der Waals surface area (Å²) < 4.78 is 5.72. The summed E-state index contributed by atoms with van der Waals surface area (Å²) in [5, 5.41) is 15.0. The lowest BCUT2D eigenvalue weighted by molar-refractivity contribution is -0.386. The zero-order chi connectivity index (χ0) is 20.9. The molecule has 3 aromatic carbocycles. The first-order chi connectivity index (χ1) is 14.6. The zero-order valence-electron chi connectivity index (χ0n) is 16.2. The van der Waals surface area contributed by atoms with Gasteiger partial charge in [-0.15, -0.1) is 0 Å². The molecule has 0 amide bonds. The number of nitro groups is 1. The van der Waals surface area contributed by atoms with Gasteiger partial charge in [0.2, 0.25) is 0 Å². The van der Waals surface area contributed by atoms with Crippen LogP contribution in [0.4, 0.5) is 5.69 Å². The minimum absolute atomic E-state index is 0.149. The van der Waals surface area contributed by atoms with E-state index >= 15 is 0 Å². The Labute approximate surface area is 174 Å². The second-order valence-corrected chi connectivity index (χ2v) is 6.97. The minimum Gasteiger partial charge on any atom is -0.482 e. The Morgan fingerprint density at radius 1 is 0.933 bits per heavy atom. The number of rotatable bonds is 7. The fourth-order valence-corrected chi connectivity index (χ4v) is 3.44. The van der Waals surface area contributed by atoms with Crippen molar-refractivity contribution in [2.24, 2.45) is 0 Å². The molecule has 0 aromatic heterocycles. The molecule has 0 saturated heterocycles. The molecule has 0 bridgehead atoms. The SMILES string of the molecule is O=C1c2ccc(OCc3ccccc3)c([N+](=O)[O-])c2C=CC1NCc1ccccc1. The van der Waals surface area contributed by atoms with Gasteiger partial charge in [-0.05, 0) is 29.3 Å². The van der Waals surface area contributed by atoms with Crippen molar-refractivity contribution in [3.05, 3.63) is 111 Å². The summed E-state index contributed by atoms with van der Waals surface area (Å²) in [6.45, 7) is 0.733. The number of fused-ring (bicyclic) bond motifs is 1. The Bertz CT molecular complexity index is 1090. The van der Waals surface area contributed by atoms with Gasteiger partial charge >= 0.3 is 5.69 Å². The third-order valence-electron chi connectivity index (χ3n) is 4.97. The molecule has 1 N–H and O–H groups in total. The van der Waals surface area contributed by atoms with Crippen molar-refractivity contribution in [2.45, 2.75) is 19.2 Å². The molecule has 4 rings (SSSR count). The largest absolute Gasteiger partial charge is 0.482 e. The molecule has 0 radical (unpaired) electrons. The highest BCUT2D eigenvalue weighted by Gasteiger charge is 2.31. The number of ether oxygens (including phenoxy) is 1. The molecule has 3 aromatic rings. The highest BCUT2D eigenvalue weighted by molar-refractivity contribution is 6.08. The number of ketones is 1. The van der Waals surface area contributed by atoms with Crippen molar-refractivity contribution in [3.63, 3.8) is 0 Å². The molecular weight excluding hydrogens is 380 g/mol. The van der Waals surface area contributed by atoms with Crippen LogP contribution in [0.25, 0.3) is 6.08 Å². The summed E-state index contributed by atoms with van der Waals surface area (Å²) in [5.74, 6) is -0.0445. The predicted molar refractivity (Wildman–Crippen MR) is 114 cm³/mol. The van der Waals surface area contributed by atoms with Crippen LogP contribution in [0.15, 0.2) is 78.9 Å².